The molecule has 1 aliphatic rings. The van der Waals surface area contributed by atoms with Gasteiger partial charge in [0.2, 0.25) is 0 Å². The molecule has 3 aromatic rings. The van der Waals surface area contributed by atoms with Gasteiger partial charge in [0.25, 0.3) is 0 Å². The quantitative estimate of drug-likeness (QED) is 0.424. The minimum Gasteiger partial charge on any atom is -0.497 e. The second-order valence-electron chi connectivity index (χ2n) is 8.36. The molecular weight excluding hydrogens is 436 g/mol. The van der Waals surface area contributed by atoms with Crippen molar-refractivity contribution < 1.29 is 23.9 Å². The van der Waals surface area contributed by atoms with Crippen molar-refractivity contribution in [2.24, 2.45) is 13.0 Å². The van der Waals surface area contributed by atoms with Crippen LogP contribution in [0.1, 0.15) is 33.7 Å². The van der Waals surface area contributed by atoms with Crippen molar-refractivity contribution in [3.8, 4) is 5.75 Å². The normalized spacial score (nSPS) is 14.2. The Morgan fingerprint density at radius 3 is 2.32 bits per heavy atom. The number of carbonyl (C=O) groups excluding carboxylic acids is 3. The summed E-state index contributed by atoms with van der Waals surface area (Å²) in [5, 5.41) is 4.88. The lowest BCUT2D eigenvalue weighted by Crippen LogP contribution is -2.46. The SMILES string of the molecule is COC(=O)c1nn(C)c2cc(C(=O)C3CCN(C(=O)N(C)c4ccc(OC)cc4)CC3)ccc12. The Hall–Kier alpha value is -3.88. The van der Waals surface area contributed by atoms with Crippen LogP contribution in [0.4, 0.5) is 10.5 Å². The number of aryl methyl sites for hydroxylation is 1. The third kappa shape index (κ3) is 4.33. The molecule has 2 amide bonds. The third-order valence-corrected chi connectivity index (χ3v) is 6.40. The summed E-state index contributed by atoms with van der Waals surface area (Å²) in [6, 6.07) is 12.5. The molecule has 2 aromatic carbocycles. The molecule has 0 unspecified atom stereocenters. The van der Waals surface area contributed by atoms with Gasteiger partial charge in [-0.2, -0.15) is 5.10 Å². The van der Waals surface area contributed by atoms with Crippen LogP contribution >= 0.6 is 0 Å². The van der Waals surface area contributed by atoms with Crippen molar-refractivity contribution in [3.05, 3.63) is 53.7 Å². The highest BCUT2D eigenvalue weighted by Gasteiger charge is 2.30. The number of rotatable bonds is 5. The Morgan fingerprint density at radius 2 is 1.71 bits per heavy atom. The number of anilines is 1. The summed E-state index contributed by atoms with van der Waals surface area (Å²) in [5.41, 5.74) is 2.28. The number of benzene rings is 2. The van der Waals surface area contributed by atoms with Gasteiger partial charge in [-0.05, 0) is 49.2 Å². The molecule has 1 saturated heterocycles. The first-order valence-electron chi connectivity index (χ1n) is 11.1. The molecule has 178 valence electrons. The van der Waals surface area contributed by atoms with E-state index in [9.17, 15) is 14.4 Å². The Labute approximate surface area is 197 Å². The van der Waals surface area contributed by atoms with Crippen molar-refractivity contribution in [2.45, 2.75) is 12.8 Å². The molecule has 0 saturated carbocycles. The molecule has 1 aromatic heterocycles. The van der Waals surface area contributed by atoms with Gasteiger partial charge < -0.3 is 14.4 Å². The number of amides is 2. The average Bonchev–Trinajstić information content (AvgIpc) is 3.22. The summed E-state index contributed by atoms with van der Waals surface area (Å²) >= 11 is 0. The fraction of sp³-hybridized carbons (Fsp3) is 0.360. The van der Waals surface area contributed by atoms with E-state index in [0.717, 1.165) is 11.4 Å². The van der Waals surface area contributed by atoms with E-state index < -0.39 is 5.97 Å². The van der Waals surface area contributed by atoms with Gasteiger partial charge in [-0.1, -0.05) is 6.07 Å². The monoisotopic (exact) mass is 464 g/mol. The average molecular weight is 465 g/mol. The number of carbonyl (C=O) groups is 3. The van der Waals surface area contributed by atoms with Gasteiger partial charge in [0.15, 0.2) is 11.5 Å². The number of fused-ring (bicyclic) bond motifs is 1. The van der Waals surface area contributed by atoms with Crippen LogP contribution in [-0.4, -0.2) is 66.8 Å². The molecule has 0 bridgehead atoms. The van der Waals surface area contributed by atoms with E-state index in [1.54, 1.807) is 53.9 Å². The topological polar surface area (TPSA) is 94.0 Å². The molecule has 4 rings (SSSR count). The van der Waals surface area contributed by atoms with Crippen LogP contribution in [0.3, 0.4) is 0 Å². The van der Waals surface area contributed by atoms with Gasteiger partial charge in [0.05, 0.1) is 19.7 Å². The fourth-order valence-electron chi connectivity index (χ4n) is 4.36. The van der Waals surface area contributed by atoms with Gasteiger partial charge in [-0.3, -0.25) is 14.4 Å². The van der Waals surface area contributed by atoms with Crippen molar-refractivity contribution in [2.75, 3.05) is 39.3 Å². The van der Waals surface area contributed by atoms with Crippen molar-refractivity contribution in [1.29, 1.82) is 0 Å². The largest absolute Gasteiger partial charge is 0.497 e. The van der Waals surface area contributed by atoms with E-state index in [1.807, 2.05) is 24.3 Å². The summed E-state index contributed by atoms with van der Waals surface area (Å²) in [7, 11) is 6.38. The van der Waals surface area contributed by atoms with Gasteiger partial charge in [-0.15, -0.1) is 0 Å². The molecule has 34 heavy (non-hydrogen) atoms. The number of ketones is 1. The van der Waals surface area contributed by atoms with Crippen LogP contribution in [0.25, 0.3) is 10.9 Å². The highest BCUT2D eigenvalue weighted by atomic mass is 16.5. The zero-order valence-electron chi connectivity index (χ0n) is 19.8. The highest BCUT2D eigenvalue weighted by molar-refractivity contribution is 6.06. The second kappa shape index (κ2) is 9.54. The minimum atomic E-state index is -0.513. The lowest BCUT2D eigenvalue weighted by atomic mass is 9.88. The standard InChI is InChI=1S/C25H28N4O5/c1-27(18-6-8-19(33-3)9-7-18)25(32)29-13-11-16(12-14-29)23(30)17-5-10-20-21(15-17)28(2)26-22(20)24(31)34-4/h5-10,15-16H,11-14H2,1-4H3. The molecule has 1 fully saturated rings. The van der Waals surface area contributed by atoms with Crippen LogP contribution < -0.4 is 9.64 Å². The summed E-state index contributed by atoms with van der Waals surface area (Å²) in [4.78, 5) is 41.5. The first-order valence-corrected chi connectivity index (χ1v) is 11.1. The number of urea groups is 1. The van der Waals surface area contributed by atoms with Crippen LogP contribution in [0.5, 0.6) is 5.75 Å². The number of methoxy groups -OCH3 is 2. The minimum absolute atomic E-state index is 0.0401. The highest BCUT2D eigenvalue weighted by Crippen LogP contribution is 2.27. The van der Waals surface area contributed by atoms with E-state index in [1.165, 1.54) is 7.11 Å². The molecule has 2 heterocycles. The van der Waals surface area contributed by atoms with Crippen molar-refractivity contribution in [3.63, 3.8) is 0 Å². The number of ether oxygens (including phenoxy) is 2. The molecule has 0 spiro atoms. The number of aromatic nitrogens is 2. The fourth-order valence-corrected chi connectivity index (χ4v) is 4.36. The Morgan fingerprint density at radius 1 is 1.03 bits per heavy atom. The zero-order valence-corrected chi connectivity index (χ0v) is 19.8. The summed E-state index contributed by atoms with van der Waals surface area (Å²) in [5.74, 6) is 0.0931. The predicted molar refractivity (Wildman–Crippen MR) is 127 cm³/mol. The van der Waals surface area contributed by atoms with Crippen molar-refractivity contribution >= 4 is 34.4 Å². The molecule has 9 heteroatoms. The number of Topliss-reactive ketones (excluding diaryl/α,β-unsaturated/α-hetero) is 1. The smallest absolute Gasteiger partial charge is 0.359 e. The van der Waals surface area contributed by atoms with E-state index in [-0.39, 0.29) is 23.4 Å². The number of nitrogens with zero attached hydrogens (tertiary/aromatic N) is 4. The van der Waals surface area contributed by atoms with Gasteiger partial charge in [0.1, 0.15) is 5.75 Å². The molecule has 0 atom stereocenters. The van der Waals surface area contributed by atoms with Gasteiger partial charge in [-0.25, -0.2) is 9.59 Å². The molecular formula is C25H28N4O5. The molecule has 0 radical (unpaired) electrons. The summed E-state index contributed by atoms with van der Waals surface area (Å²) in [6.07, 6.45) is 1.19. The van der Waals surface area contributed by atoms with Crippen LogP contribution in [0.15, 0.2) is 42.5 Å². The molecule has 0 N–H and O–H groups in total. The van der Waals surface area contributed by atoms with E-state index >= 15 is 0 Å². The van der Waals surface area contributed by atoms with Gasteiger partial charge >= 0.3 is 12.0 Å². The maximum atomic E-state index is 13.2. The van der Waals surface area contributed by atoms with Crippen LogP contribution in [-0.2, 0) is 11.8 Å². The Balaban J connectivity index is 1.42. The molecule has 0 aliphatic carbocycles. The zero-order chi connectivity index (χ0) is 24.4. The second-order valence-corrected chi connectivity index (χ2v) is 8.36. The van der Waals surface area contributed by atoms with Gasteiger partial charge in [0, 0.05) is 49.7 Å². The summed E-state index contributed by atoms with van der Waals surface area (Å²) < 4.78 is 11.5. The lowest BCUT2D eigenvalue weighted by Gasteiger charge is -2.34. The number of piperidine rings is 1. The van der Waals surface area contributed by atoms with E-state index in [4.69, 9.17) is 9.47 Å². The van der Waals surface area contributed by atoms with Crippen molar-refractivity contribution in [1.82, 2.24) is 14.7 Å². The predicted octanol–water partition coefficient (Wildman–Crippen LogP) is 3.52. The number of likely N-dealkylation sites (tertiary alicyclic amines) is 1. The molecule has 9 nitrogen and oxygen atoms in total. The Kier molecular flexibility index (Phi) is 6.54. The summed E-state index contributed by atoms with van der Waals surface area (Å²) in [6.45, 7) is 1.02. The Bertz CT molecular complexity index is 1230. The maximum Gasteiger partial charge on any atom is 0.359 e. The molecule has 1 aliphatic heterocycles. The van der Waals surface area contributed by atoms with Crippen LogP contribution in [0.2, 0.25) is 0 Å². The number of esters is 1. The first kappa shape index (κ1) is 23.3. The van der Waals surface area contributed by atoms with Crippen LogP contribution in [0, 0.1) is 5.92 Å². The number of hydrogen-bond donors (Lipinski definition) is 0. The lowest BCUT2D eigenvalue weighted by molar-refractivity contribution is 0.0595. The first-order chi connectivity index (χ1) is 16.3. The van der Waals surface area contributed by atoms with E-state index in [0.29, 0.717) is 42.4 Å². The maximum absolute atomic E-state index is 13.2. The third-order valence-electron chi connectivity index (χ3n) is 6.40. The number of hydrogen-bond acceptors (Lipinski definition) is 6. The van der Waals surface area contributed by atoms with E-state index in [2.05, 4.69) is 5.10 Å².